The van der Waals surface area contributed by atoms with Gasteiger partial charge in [0.15, 0.2) is 6.61 Å². The number of aryl methyl sites for hydroxylation is 2. The lowest BCUT2D eigenvalue weighted by Crippen LogP contribution is -2.28. The zero-order valence-electron chi connectivity index (χ0n) is 13.9. The third-order valence-corrected chi connectivity index (χ3v) is 4.50. The molecule has 0 radical (unpaired) electrons. The first-order valence-electron chi connectivity index (χ1n) is 7.71. The molecule has 5 heteroatoms. The predicted octanol–water partition coefficient (Wildman–Crippen LogP) is 3.26. The number of hydrogen-bond acceptors (Lipinski definition) is 4. The van der Waals surface area contributed by atoms with Crippen LogP contribution in [-0.2, 0) is 20.9 Å². The standard InChI is InChI=1S/C19H21NO3S/c1-14-8-9-17(10-15(14)2)24-13-19(22)23-12-18(21)20-11-16-6-4-3-5-7-16/h3-10H,11-13H2,1-2H3,(H,20,21). The van der Waals surface area contributed by atoms with Crippen molar-refractivity contribution in [2.24, 2.45) is 0 Å². The van der Waals surface area contributed by atoms with Crippen molar-refractivity contribution in [1.82, 2.24) is 5.32 Å². The van der Waals surface area contributed by atoms with E-state index in [1.54, 1.807) is 0 Å². The number of nitrogens with one attached hydrogen (secondary N) is 1. The molecule has 0 atom stereocenters. The molecule has 4 nitrogen and oxygen atoms in total. The molecule has 0 bridgehead atoms. The van der Waals surface area contributed by atoms with Crippen LogP contribution in [0.1, 0.15) is 16.7 Å². The molecule has 126 valence electrons. The van der Waals surface area contributed by atoms with Gasteiger partial charge in [-0.2, -0.15) is 0 Å². The molecule has 0 unspecified atom stereocenters. The van der Waals surface area contributed by atoms with Crippen molar-refractivity contribution in [1.29, 1.82) is 0 Å². The number of hydrogen-bond donors (Lipinski definition) is 1. The number of amides is 1. The fourth-order valence-electron chi connectivity index (χ4n) is 1.98. The highest BCUT2D eigenvalue weighted by atomic mass is 32.2. The average molecular weight is 343 g/mol. The summed E-state index contributed by atoms with van der Waals surface area (Å²) in [4.78, 5) is 24.4. The Morgan fingerprint density at radius 3 is 2.50 bits per heavy atom. The van der Waals surface area contributed by atoms with Crippen molar-refractivity contribution in [3.8, 4) is 0 Å². The van der Waals surface area contributed by atoms with E-state index in [2.05, 4.69) is 5.32 Å². The maximum absolute atomic E-state index is 11.7. The molecule has 1 N–H and O–H groups in total. The lowest BCUT2D eigenvalue weighted by atomic mass is 10.1. The highest BCUT2D eigenvalue weighted by Crippen LogP contribution is 2.21. The highest BCUT2D eigenvalue weighted by Gasteiger charge is 2.08. The minimum absolute atomic E-state index is 0.189. The number of rotatable bonds is 7. The molecule has 0 aliphatic rings. The van der Waals surface area contributed by atoms with Crippen LogP contribution >= 0.6 is 11.8 Å². The van der Waals surface area contributed by atoms with Gasteiger partial charge in [-0.25, -0.2) is 0 Å². The van der Waals surface area contributed by atoms with Crippen LogP contribution in [0.2, 0.25) is 0 Å². The Hall–Kier alpha value is -2.27. The molecule has 1 amide bonds. The third kappa shape index (κ3) is 6.08. The lowest BCUT2D eigenvalue weighted by molar-refractivity contribution is -0.145. The first kappa shape index (κ1) is 18.1. The van der Waals surface area contributed by atoms with E-state index in [1.807, 2.05) is 62.4 Å². The van der Waals surface area contributed by atoms with E-state index in [9.17, 15) is 9.59 Å². The van der Waals surface area contributed by atoms with Crippen LogP contribution in [0.5, 0.6) is 0 Å². The van der Waals surface area contributed by atoms with Gasteiger partial charge in [-0.1, -0.05) is 36.4 Å². The van der Waals surface area contributed by atoms with Crippen molar-refractivity contribution in [3.63, 3.8) is 0 Å². The van der Waals surface area contributed by atoms with E-state index in [4.69, 9.17) is 4.74 Å². The summed E-state index contributed by atoms with van der Waals surface area (Å²) in [7, 11) is 0. The molecule has 0 aliphatic heterocycles. The summed E-state index contributed by atoms with van der Waals surface area (Å²) in [5.74, 6) is -0.509. The number of esters is 1. The molecule has 0 saturated heterocycles. The molecule has 0 heterocycles. The van der Waals surface area contributed by atoms with Crippen molar-refractivity contribution in [2.75, 3.05) is 12.4 Å². The van der Waals surface area contributed by atoms with Crippen LogP contribution in [-0.4, -0.2) is 24.2 Å². The minimum Gasteiger partial charge on any atom is -0.455 e. The molecule has 2 aromatic rings. The van der Waals surface area contributed by atoms with E-state index in [1.165, 1.54) is 22.9 Å². The zero-order chi connectivity index (χ0) is 17.4. The van der Waals surface area contributed by atoms with Gasteiger partial charge in [0.05, 0.1) is 5.75 Å². The molecule has 2 rings (SSSR count). The van der Waals surface area contributed by atoms with Gasteiger partial charge >= 0.3 is 5.97 Å². The Morgan fingerprint density at radius 2 is 1.79 bits per heavy atom. The summed E-state index contributed by atoms with van der Waals surface area (Å²) >= 11 is 1.41. The van der Waals surface area contributed by atoms with Crippen LogP contribution in [0, 0.1) is 13.8 Å². The second kappa shape index (κ2) is 9.13. The SMILES string of the molecule is Cc1ccc(SCC(=O)OCC(=O)NCc2ccccc2)cc1C. The Kier molecular flexibility index (Phi) is 6.88. The van der Waals surface area contributed by atoms with E-state index in [0.717, 1.165) is 10.5 Å². The van der Waals surface area contributed by atoms with Crippen molar-refractivity contribution < 1.29 is 14.3 Å². The van der Waals surface area contributed by atoms with Crippen LogP contribution in [0.25, 0.3) is 0 Å². The minimum atomic E-state index is -0.395. The molecule has 0 saturated carbocycles. The topological polar surface area (TPSA) is 55.4 Å². The normalized spacial score (nSPS) is 10.2. The lowest BCUT2D eigenvalue weighted by Gasteiger charge is -2.07. The number of benzene rings is 2. The Labute approximate surface area is 146 Å². The van der Waals surface area contributed by atoms with Gasteiger partial charge in [-0.3, -0.25) is 9.59 Å². The maximum atomic E-state index is 11.7. The fraction of sp³-hybridized carbons (Fsp3) is 0.263. The largest absolute Gasteiger partial charge is 0.455 e. The second-order valence-corrected chi connectivity index (χ2v) is 6.51. The van der Waals surface area contributed by atoms with Crippen LogP contribution in [0.4, 0.5) is 0 Å². The summed E-state index contributed by atoms with van der Waals surface area (Å²) in [5.41, 5.74) is 3.41. The quantitative estimate of drug-likeness (QED) is 0.619. The van der Waals surface area contributed by atoms with Gasteiger partial charge in [-0.15, -0.1) is 11.8 Å². The van der Waals surface area contributed by atoms with Gasteiger partial charge < -0.3 is 10.1 Å². The third-order valence-electron chi connectivity index (χ3n) is 3.53. The molecule has 2 aromatic carbocycles. The Morgan fingerprint density at radius 1 is 1.04 bits per heavy atom. The second-order valence-electron chi connectivity index (χ2n) is 5.46. The summed E-state index contributed by atoms with van der Waals surface area (Å²) in [6, 6.07) is 15.6. The summed E-state index contributed by atoms with van der Waals surface area (Å²) in [5, 5.41) is 2.72. The van der Waals surface area contributed by atoms with E-state index in [0.29, 0.717) is 6.54 Å². The van der Waals surface area contributed by atoms with Gasteiger partial charge in [0.2, 0.25) is 0 Å². The summed E-state index contributed by atoms with van der Waals surface area (Å²) < 4.78 is 5.00. The van der Waals surface area contributed by atoms with Crippen molar-refractivity contribution in [2.45, 2.75) is 25.3 Å². The van der Waals surface area contributed by atoms with Crippen molar-refractivity contribution in [3.05, 3.63) is 65.2 Å². The van der Waals surface area contributed by atoms with E-state index in [-0.39, 0.29) is 18.3 Å². The molecule has 0 fully saturated rings. The molecular formula is C19H21NO3S. The van der Waals surface area contributed by atoms with Crippen molar-refractivity contribution >= 4 is 23.6 Å². The first-order chi connectivity index (χ1) is 11.5. The van der Waals surface area contributed by atoms with E-state index < -0.39 is 5.97 Å². The Balaban J connectivity index is 1.67. The van der Waals surface area contributed by atoms with Gasteiger partial charge in [0, 0.05) is 11.4 Å². The van der Waals surface area contributed by atoms with Gasteiger partial charge in [-0.05, 0) is 42.7 Å². The summed E-state index contributed by atoms with van der Waals surface area (Å²) in [6.45, 7) is 4.26. The molecular weight excluding hydrogens is 322 g/mol. The molecule has 0 spiro atoms. The first-order valence-corrected chi connectivity index (χ1v) is 8.69. The number of ether oxygens (including phenoxy) is 1. The maximum Gasteiger partial charge on any atom is 0.316 e. The molecule has 24 heavy (non-hydrogen) atoms. The zero-order valence-corrected chi connectivity index (χ0v) is 14.7. The smallest absolute Gasteiger partial charge is 0.316 e. The average Bonchev–Trinajstić information content (AvgIpc) is 2.60. The molecule has 0 aliphatic carbocycles. The monoisotopic (exact) mass is 343 g/mol. The van der Waals surface area contributed by atoms with Gasteiger partial charge in [0.1, 0.15) is 0 Å². The summed E-state index contributed by atoms with van der Waals surface area (Å²) in [6.07, 6.45) is 0. The van der Waals surface area contributed by atoms with Crippen LogP contribution in [0.15, 0.2) is 53.4 Å². The number of carbonyl (C=O) groups excluding carboxylic acids is 2. The Bertz CT molecular complexity index is 701. The number of thioether (sulfide) groups is 1. The fourth-order valence-corrected chi connectivity index (χ4v) is 2.77. The molecule has 0 aromatic heterocycles. The van der Waals surface area contributed by atoms with Crippen LogP contribution < -0.4 is 5.32 Å². The number of carbonyl (C=O) groups is 2. The van der Waals surface area contributed by atoms with E-state index >= 15 is 0 Å². The predicted molar refractivity (Wildman–Crippen MR) is 95.9 cm³/mol. The highest BCUT2D eigenvalue weighted by molar-refractivity contribution is 8.00. The van der Waals surface area contributed by atoms with Gasteiger partial charge in [0.25, 0.3) is 5.91 Å². The van der Waals surface area contributed by atoms with Crippen LogP contribution in [0.3, 0.4) is 0 Å².